The van der Waals surface area contributed by atoms with Crippen molar-refractivity contribution >= 4 is 29.1 Å². The van der Waals surface area contributed by atoms with Gasteiger partial charge < -0.3 is 0 Å². The maximum absolute atomic E-state index is 13.3. The fourth-order valence-electron chi connectivity index (χ4n) is 2.18. The molecule has 0 atom stereocenters. The topological polar surface area (TPSA) is 183 Å². The summed E-state index contributed by atoms with van der Waals surface area (Å²) < 4.78 is 0. The fourth-order valence-corrected chi connectivity index (χ4v) is 2.18. The Kier molecular flexibility index (Phi) is 3.92. The van der Waals surface area contributed by atoms with Gasteiger partial charge in [-0.05, 0) is 12.2 Å². The Hall–Kier alpha value is -4.29. The number of hydrogen-bond acceptors (Lipinski definition) is 9. The van der Waals surface area contributed by atoms with Crippen LogP contribution >= 0.6 is 0 Å². The molecule has 0 radical (unpaired) electrons. The number of Topliss-reactive ketones (excluding diaryl/α,β-unsaturated/α-hetero) is 1. The Bertz CT molecular complexity index is 941. The Morgan fingerprint density at radius 1 is 0.654 bits per heavy atom. The Morgan fingerprint density at radius 2 is 1.08 bits per heavy atom. The minimum Gasteiger partial charge on any atom is -0.288 e. The van der Waals surface area contributed by atoms with E-state index in [-0.39, 0.29) is 16.9 Å². The van der Waals surface area contributed by atoms with E-state index < -0.39 is 0 Å². The molecule has 0 aliphatic carbocycles. The first-order valence-electron chi connectivity index (χ1n) is 7.26. The number of rotatable bonds is 6. The molecule has 0 saturated heterocycles. The molecule has 4 aromatic rings. The van der Waals surface area contributed by atoms with Crippen molar-refractivity contribution in [1.29, 1.82) is 0 Å². The third-order valence-electron chi connectivity index (χ3n) is 3.33. The number of carbonyl (C=O) groups is 1. The highest BCUT2D eigenvalue weighted by atomic mass is 16.1. The SMILES string of the molecule is O=C(C(=Cc1c[nH]nn1)c1c[nH]nn1)C(=Cc1c[nH]nn1)c1c[nH]nn1. The van der Waals surface area contributed by atoms with Crippen molar-refractivity contribution in [2.75, 3.05) is 0 Å². The van der Waals surface area contributed by atoms with E-state index in [0.717, 1.165) is 0 Å². The van der Waals surface area contributed by atoms with Crippen LogP contribution in [0.3, 0.4) is 0 Å². The van der Waals surface area contributed by atoms with E-state index in [1.54, 1.807) is 24.5 Å². The summed E-state index contributed by atoms with van der Waals surface area (Å²) in [6.07, 6.45) is 9.18. The minimum absolute atomic E-state index is 0.241. The van der Waals surface area contributed by atoms with Gasteiger partial charge in [-0.1, -0.05) is 20.9 Å². The van der Waals surface area contributed by atoms with E-state index in [1.807, 2.05) is 0 Å². The average molecular weight is 350 g/mol. The molecule has 0 aliphatic heterocycles. The number of allylic oxidation sites excluding steroid dienone is 2. The third-order valence-corrected chi connectivity index (χ3v) is 3.33. The van der Waals surface area contributed by atoms with Crippen molar-refractivity contribution < 1.29 is 4.79 Å². The number of nitrogens with one attached hydrogen (secondary N) is 4. The molecule has 0 saturated carbocycles. The molecule has 4 N–H and O–H groups in total. The summed E-state index contributed by atoms with van der Waals surface area (Å²) >= 11 is 0. The molecule has 0 aromatic carbocycles. The lowest BCUT2D eigenvalue weighted by molar-refractivity contribution is -0.108. The van der Waals surface area contributed by atoms with Crippen LogP contribution in [0.4, 0.5) is 0 Å². The molecule has 0 spiro atoms. The molecular weight excluding hydrogens is 340 g/mol. The lowest BCUT2D eigenvalue weighted by Gasteiger charge is -2.05. The van der Waals surface area contributed by atoms with Crippen LogP contribution in [-0.4, -0.2) is 67.4 Å². The number of aromatic nitrogens is 12. The zero-order valence-electron chi connectivity index (χ0n) is 13.0. The van der Waals surface area contributed by atoms with Gasteiger partial charge in [0.05, 0.1) is 23.5 Å². The van der Waals surface area contributed by atoms with E-state index >= 15 is 0 Å². The molecule has 0 amide bonds. The maximum Gasteiger partial charge on any atom is 0.197 e. The first kappa shape index (κ1) is 15.3. The Labute approximate surface area is 144 Å². The van der Waals surface area contributed by atoms with E-state index in [1.165, 1.54) is 12.4 Å². The van der Waals surface area contributed by atoms with Gasteiger partial charge >= 0.3 is 0 Å². The summed E-state index contributed by atoms with van der Waals surface area (Å²) in [6, 6.07) is 0. The minimum atomic E-state index is -0.376. The second kappa shape index (κ2) is 6.68. The first-order valence-corrected chi connectivity index (χ1v) is 7.26. The van der Waals surface area contributed by atoms with E-state index in [2.05, 4.69) is 61.6 Å². The lowest BCUT2D eigenvalue weighted by atomic mass is 9.97. The summed E-state index contributed by atoms with van der Waals surface area (Å²) in [6.45, 7) is 0. The summed E-state index contributed by atoms with van der Waals surface area (Å²) in [5.41, 5.74) is 2.07. The van der Waals surface area contributed by atoms with E-state index in [9.17, 15) is 4.79 Å². The smallest absolute Gasteiger partial charge is 0.197 e. The third kappa shape index (κ3) is 3.03. The molecule has 0 unspecified atom stereocenters. The lowest BCUT2D eigenvalue weighted by Crippen LogP contribution is -2.06. The summed E-state index contributed by atoms with van der Waals surface area (Å²) in [5.74, 6) is -0.376. The molecule has 4 heterocycles. The second-order valence-electron chi connectivity index (χ2n) is 4.96. The number of nitrogens with zero attached hydrogens (tertiary/aromatic N) is 8. The molecule has 4 aromatic heterocycles. The van der Waals surface area contributed by atoms with Gasteiger partial charge in [0.15, 0.2) is 5.78 Å². The molecule has 128 valence electrons. The van der Waals surface area contributed by atoms with Crippen LogP contribution in [0.15, 0.2) is 24.8 Å². The number of carbonyl (C=O) groups excluding carboxylic acids is 1. The zero-order valence-corrected chi connectivity index (χ0v) is 13.0. The average Bonchev–Trinajstić information content (AvgIpc) is 3.44. The van der Waals surface area contributed by atoms with Crippen LogP contribution in [-0.2, 0) is 4.79 Å². The van der Waals surface area contributed by atoms with Crippen molar-refractivity contribution in [2.24, 2.45) is 0 Å². The zero-order chi connectivity index (χ0) is 17.8. The molecule has 13 nitrogen and oxygen atoms in total. The highest BCUT2D eigenvalue weighted by Crippen LogP contribution is 2.25. The van der Waals surface area contributed by atoms with Gasteiger partial charge in [-0.2, -0.15) is 0 Å². The predicted molar refractivity (Wildman–Crippen MR) is 86.3 cm³/mol. The Morgan fingerprint density at radius 3 is 1.42 bits per heavy atom. The number of aromatic amines is 4. The van der Waals surface area contributed by atoms with Crippen molar-refractivity contribution in [2.45, 2.75) is 0 Å². The molecule has 4 rings (SSSR count). The summed E-state index contributed by atoms with van der Waals surface area (Å²) in [4.78, 5) is 13.3. The van der Waals surface area contributed by atoms with Crippen molar-refractivity contribution in [3.63, 3.8) is 0 Å². The fraction of sp³-hybridized carbons (Fsp3) is 0. The largest absolute Gasteiger partial charge is 0.288 e. The standard InChI is InChI=1S/C13H10N12O/c26-13(9(11-5-16-24-20-11)1-7-3-14-22-18-7)10(12-6-17-25-21-12)2-8-4-15-23-19-8/h1-6H,(H,14,18,22)(H,15,19,23)(H,16,20,24)(H,17,21,25). The normalized spacial score (nSPS) is 12.5. The second-order valence-corrected chi connectivity index (χ2v) is 4.96. The van der Waals surface area contributed by atoms with E-state index in [4.69, 9.17) is 0 Å². The summed E-state index contributed by atoms with van der Waals surface area (Å²) in [5, 5.41) is 40.5. The number of ketones is 1. The monoisotopic (exact) mass is 350 g/mol. The van der Waals surface area contributed by atoms with Gasteiger partial charge in [-0.25, -0.2) is 0 Å². The van der Waals surface area contributed by atoms with Crippen molar-refractivity contribution in [1.82, 2.24) is 61.6 Å². The van der Waals surface area contributed by atoms with Crippen LogP contribution in [0.1, 0.15) is 22.8 Å². The highest BCUT2D eigenvalue weighted by Gasteiger charge is 2.23. The van der Waals surface area contributed by atoms with Gasteiger partial charge in [-0.3, -0.25) is 25.2 Å². The van der Waals surface area contributed by atoms with Gasteiger partial charge in [-0.15, -0.1) is 20.4 Å². The molecule has 0 fully saturated rings. The van der Waals surface area contributed by atoms with Crippen molar-refractivity contribution in [3.05, 3.63) is 47.6 Å². The molecule has 13 heteroatoms. The number of hydrogen-bond donors (Lipinski definition) is 4. The quantitative estimate of drug-likeness (QED) is 0.333. The maximum atomic E-state index is 13.3. The van der Waals surface area contributed by atoms with Gasteiger partial charge in [0, 0.05) is 12.4 Å². The van der Waals surface area contributed by atoms with Gasteiger partial charge in [0.25, 0.3) is 0 Å². The Balaban J connectivity index is 1.82. The van der Waals surface area contributed by atoms with Gasteiger partial charge in [0.2, 0.25) is 0 Å². The molecule has 26 heavy (non-hydrogen) atoms. The molecule has 0 bridgehead atoms. The van der Waals surface area contributed by atoms with Crippen LogP contribution in [0.25, 0.3) is 23.3 Å². The van der Waals surface area contributed by atoms with Crippen molar-refractivity contribution in [3.8, 4) is 0 Å². The van der Waals surface area contributed by atoms with Gasteiger partial charge in [0.1, 0.15) is 22.8 Å². The molecule has 0 aliphatic rings. The highest BCUT2D eigenvalue weighted by molar-refractivity contribution is 6.45. The van der Waals surface area contributed by atoms with Crippen LogP contribution in [0.5, 0.6) is 0 Å². The van der Waals surface area contributed by atoms with Crippen LogP contribution < -0.4 is 0 Å². The summed E-state index contributed by atoms with van der Waals surface area (Å²) in [7, 11) is 0. The molecular formula is C13H10N12O. The van der Waals surface area contributed by atoms with Crippen LogP contribution in [0.2, 0.25) is 0 Å². The number of H-pyrrole nitrogens is 4. The van der Waals surface area contributed by atoms with Crippen LogP contribution in [0, 0.1) is 0 Å². The van der Waals surface area contributed by atoms with E-state index in [0.29, 0.717) is 22.8 Å². The predicted octanol–water partition coefficient (Wildman–Crippen LogP) is -0.491. The first-order chi connectivity index (χ1) is 12.8.